The number of halogens is 1. The minimum atomic E-state index is -0.561. The average molecular weight is 221 g/mol. The number of benzene rings is 1. The molecule has 0 saturated heterocycles. The minimum absolute atomic E-state index is 0.180. The Morgan fingerprint density at radius 2 is 2.31 bits per heavy atom. The van der Waals surface area contributed by atoms with Crippen LogP contribution in [0.1, 0.15) is 15.9 Å². The maximum atomic E-state index is 13.4. The minimum Gasteiger partial charge on any atom is -0.465 e. The SMILES string of the molecule is CNCC#Cc1ccc(C(=O)OC)cc1F. The molecule has 0 heterocycles. The molecule has 0 spiro atoms. The van der Waals surface area contributed by atoms with E-state index >= 15 is 0 Å². The van der Waals surface area contributed by atoms with Crippen molar-refractivity contribution < 1.29 is 13.9 Å². The molecule has 0 aromatic heterocycles. The van der Waals surface area contributed by atoms with Crippen molar-refractivity contribution in [1.82, 2.24) is 5.32 Å². The van der Waals surface area contributed by atoms with Crippen molar-refractivity contribution in [3.05, 3.63) is 35.1 Å². The third kappa shape index (κ3) is 3.07. The highest BCUT2D eigenvalue weighted by molar-refractivity contribution is 5.89. The van der Waals surface area contributed by atoms with Crippen LogP contribution >= 0.6 is 0 Å². The van der Waals surface area contributed by atoms with E-state index < -0.39 is 11.8 Å². The van der Waals surface area contributed by atoms with E-state index in [1.807, 2.05) is 0 Å². The molecule has 0 bridgehead atoms. The van der Waals surface area contributed by atoms with Gasteiger partial charge in [-0.05, 0) is 25.2 Å². The lowest BCUT2D eigenvalue weighted by molar-refractivity contribution is 0.0600. The van der Waals surface area contributed by atoms with Crippen LogP contribution in [0, 0.1) is 17.7 Å². The second kappa shape index (κ2) is 5.89. The normalized spacial score (nSPS) is 9.19. The number of rotatable bonds is 2. The van der Waals surface area contributed by atoms with E-state index in [9.17, 15) is 9.18 Å². The Hall–Kier alpha value is -1.86. The predicted molar refractivity (Wildman–Crippen MR) is 58.5 cm³/mol. The molecule has 0 atom stereocenters. The molecule has 0 aliphatic rings. The summed E-state index contributed by atoms with van der Waals surface area (Å²) >= 11 is 0. The fraction of sp³-hybridized carbons (Fsp3) is 0.250. The molecule has 0 radical (unpaired) electrons. The van der Waals surface area contributed by atoms with E-state index in [4.69, 9.17) is 0 Å². The van der Waals surface area contributed by atoms with Crippen molar-refractivity contribution in [2.24, 2.45) is 0 Å². The molecule has 0 saturated carbocycles. The maximum Gasteiger partial charge on any atom is 0.337 e. The van der Waals surface area contributed by atoms with E-state index in [1.54, 1.807) is 7.05 Å². The van der Waals surface area contributed by atoms with Gasteiger partial charge in [-0.15, -0.1) is 0 Å². The Labute approximate surface area is 93.6 Å². The van der Waals surface area contributed by atoms with E-state index in [1.165, 1.54) is 19.2 Å². The number of nitrogens with one attached hydrogen (secondary N) is 1. The molecule has 0 aliphatic heterocycles. The Balaban J connectivity index is 2.93. The van der Waals surface area contributed by atoms with Crippen LogP contribution in [0.2, 0.25) is 0 Å². The quantitative estimate of drug-likeness (QED) is 0.602. The number of carbonyl (C=O) groups excluding carboxylic acids is 1. The van der Waals surface area contributed by atoms with Crippen LogP contribution in [0.4, 0.5) is 4.39 Å². The second-order valence-corrected chi connectivity index (χ2v) is 3.02. The molecule has 1 aromatic carbocycles. The highest BCUT2D eigenvalue weighted by atomic mass is 19.1. The molecule has 84 valence electrons. The lowest BCUT2D eigenvalue weighted by atomic mass is 10.1. The summed E-state index contributed by atoms with van der Waals surface area (Å²) in [5.74, 6) is 4.31. The average Bonchev–Trinajstić information content (AvgIpc) is 2.30. The summed E-state index contributed by atoms with van der Waals surface area (Å²) in [6, 6.07) is 4.07. The fourth-order valence-corrected chi connectivity index (χ4v) is 1.09. The largest absolute Gasteiger partial charge is 0.465 e. The Kier molecular flexibility index (Phi) is 4.49. The van der Waals surface area contributed by atoms with Gasteiger partial charge in [-0.2, -0.15) is 0 Å². The van der Waals surface area contributed by atoms with Gasteiger partial charge in [0.1, 0.15) is 5.82 Å². The summed E-state index contributed by atoms with van der Waals surface area (Å²) in [6.07, 6.45) is 0. The molecule has 0 aliphatic carbocycles. The molecule has 0 amide bonds. The second-order valence-electron chi connectivity index (χ2n) is 3.02. The number of methoxy groups -OCH3 is 1. The zero-order valence-corrected chi connectivity index (χ0v) is 9.13. The van der Waals surface area contributed by atoms with Gasteiger partial charge in [0.15, 0.2) is 0 Å². The van der Waals surface area contributed by atoms with Crippen LogP contribution in [-0.4, -0.2) is 26.7 Å². The summed E-state index contributed by atoms with van der Waals surface area (Å²) < 4.78 is 17.9. The molecule has 1 rings (SSSR count). The molecule has 1 aromatic rings. The smallest absolute Gasteiger partial charge is 0.337 e. The van der Waals surface area contributed by atoms with Gasteiger partial charge in [-0.25, -0.2) is 9.18 Å². The van der Waals surface area contributed by atoms with Gasteiger partial charge in [0.25, 0.3) is 0 Å². The molecule has 1 N–H and O–H groups in total. The number of esters is 1. The maximum absolute atomic E-state index is 13.4. The van der Waals surface area contributed by atoms with E-state index in [-0.39, 0.29) is 11.1 Å². The van der Waals surface area contributed by atoms with Gasteiger partial charge < -0.3 is 10.1 Å². The van der Waals surface area contributed by atoms with E-state index in [0.29, 0.717) is 6.54 Å². The molecule has 0 fully saturated rings. The van der Waals surface area contributed by atoms with Crippen molar-refractivity contribution in [3.8, 4) is 11.8 Å². The topological polar surface area (TPSA) is 38.3 Å². The van der Waals surface area contributed by atoms with Gasteiger partial charge in [0, 0.05) is 0 Å². The van der Waals surface area contributed by atoms with Crippen LogP contribution in [0.15, 0.2) is 18.2 Å². The molecule has 0 unspecified atom stereocenters. The molecule has 3 nitrogen and oxygen atoms in total. The first-order valence-corrected chi connectivity index (χ1v) is 4.70. The van der Waals surface area contributed by atoms with Crippen molar-refractivity contribution >= 4 is 5.97 Å². The standard InChI is InChI=1S/C12H12FNO2/c1-14-7-3-4-9-5-6-10(8-11(9)13)12(15)16-2/h5-6,8,14H,7H2,1-2H3. The van der Waals surface area contributed by atoms with Crippen molar-refractivity contribution in [1.29, 1.82) is 0 Å². The van der Waals surface area contributed by atoms with Crippen molar-refractivity contribution in [2.75, 3.05) is 20.7 Å². The lowest BCUT2D eigenvalue weighted by Gasteiger charge is -2.00. The number of carbonyl (C=O) groups is 1. The van der Waals surface area contributed by atoms with Gasteiger partial charge in [-0.1, -0.05) is 11.8 Å². The third-order valence-electron chi connectivity index (χ3n) is 1.88. The zero-order valence-electron chi connectivity index (χ0n) is 9.13. The first-order chi connectivity index (χ1) is 7.69. The van der Waals surface area contributed by atoms with Crippen molar-refractivity contribution in [3.63, 3.8) is 0 Å². The third-order valence-corrected chi connectivity index (χ3v) is 1.88. The molecular weight excluding hydrogens is 209 g/mol. The Bertz CT molecular complexity index is 446. The van der Waals surface area contributed by atoms with Gasteiger partial charge in [-0.3, -0.25) is 0 Å². The first-order valence-electron chi connectivity index (χ1n) is 4.70. The van der Waals surface area contributed by atoms with Crippen LogP contribution in [0.5, 0.6) is 0 Å². The summed E-state index contributed by atoms with van der Waals surface area (Å²) in [5.41, 5.74) is 0.446. The Morgan fingerprint density at radius 1 is 1.56 bits per heavy atom. The first kappa shape index (κ1) is 12.2. The van der Waals surface area contributed by atoms with E-state index in [2.05, 4.69) is 21.9 Å². The van der Waals surface area contributed by atoms with Gasteiger partial charge >= 0.3 is 5.97 Å². The van der Waals surface area contributed by atoms with Crippen LogP contribution in [0.25, 0.3) is 0 Å². The highest BCUT2D eigenvalue weighted by Gasteiger charge is 2.08. The summed E-state index contributed by atoms with van der Waals surface area (Å²) in [7, 11) is 3.01. The summed E-state index contributed by atoms with van der Waals surface area (Å²) in [4.78, 5) is 11.1. The zero-order chi connectivity index (χ0) is 12.0. The number of ether oxygens (including phenoxy) is 1. The molecular formula is C12H12FNO2. The fourth-order valence-electron chi connectivity index (χ4n) is 1.09. The lowest BCUT2D eigenvalue weighted by Crippen LogP contribution is -2.05. The van der Waals surface area contributed by atoms with E-state index in [0.717, 1.165) is 6.07 Å². The summed E-state index contributed by atoms with van der Waals surface area (Å²) in [5, 5.41) is 2.83. The predicted octanol–water partition coefficient (Wildman–Crippen LogP) is 1.18. The Morgan fingerprint density at radius 3 is 2.88 bits per heavy atom. The number of hydrogen-bond acceptors (Lipinski definition) is 3. The monoisotopic (exact) mass is 221 g/mol. The van der Waals surface area contributed by atoms with Gasteiger partial charge in [0.05, 0.1) is 24.8 Å². The van der Waals surface area contributed by atoms with Crippen molar-refractivity contribution in [2.45, 2.75) is 0 Å². The molecule has 4 heteroatoms. The molecule has 16 heavy (non-hydrogen) atoms. The number of hydrogen-bond donors (Lipinski definition) is 1. The highest BCUT2D eigenvalue weighted by Crippen LogP contribution is 2.10. The summed E-state index contributed by atoms with van der Waals surface area (Å²) in [6.45, 7) is 0.484. The van der Waals surface area contributed by atoms with Crippen LogP contribution in [0.3, 0.4) is 0 Å². The van der Waals surface area contributed by atoms with Gasteiger partial charge in [0.2, 0.25) is 0 Å². The van der Waals surface area contributed by atoms with Crippen LogP contribution < -0.4 is 5.32 Å². The van der Waals surface area contributed by atoms with Crippen LogP contribution in [-0.2, 0) is 4.74 Å².